The molecule has 1 N–H and O–H groups in total. The van der Waals surface area contributed by atoms with Crippen LogP contribution in [0.15, 0.2) is 18.2 Å². The van der Waals surface area contributed by atoms with Crippen molar-refractivity contribution in [1.82, 2.24) is 0 Å². The quantitative estimate of drug-likeness (QED) is 0.665. The lowest BCUT2D eigenvalue weighted by atomic mass is 9.89. The smallest absolute Gasteiger partial charge is 0.314 e. The van der Waals surface area contributed by atoms with E-state index in [1.807, 2.05) is 0 Å². The van der Waals surface area contributed by atoms with Crippen molar-refractivity contribution >= 4 is 17.6 Å². The molecule has 2 aliphatic rings. The summed E-state index contributed by atoms with van der Waals surface area (Å²) in [7, 11) is 0. The van der Waals surface area contributed by atoms with Crippen molar-refractivity contribution in [1.29, 1.82) is 0 Å². The van der Waals surface area contributed by atoms with Gasteiger partial charge >= 0.3 is 5.97 Å². The van der Waals surface area contributed by atoms with Gasteiger partial charge in [-0.25, -0.2) is 0 Å². The summed E-state index contributed by atoms with van der Waals surface area (Å²) < 4.78 is 10.7. The summed E-state index contributed by atoms with van der Waals surface area (Å²) in [6, 6.07) is 5.03. The summed E-state index contributed by atoms with van der Waals surface area (Å²) in [4.78, 5) is 23.3. The number of ether oxygens (including phenoxy) is 2. The Morgan fingerprint density at radius 2 is 2.05 bits per heavy atom. The van der Waals surface area contributed by atoms with Gasteiger partial charge in [0.2, 0.25) is 0 Å². The third-order valence-corrected chi connectivity index (χ3v) is 3.74. The molecule has 1 aromatic carbocycles. The molecule has 1 aliphatic carbocycles. The number of hydrogen-bond acceptors (Lipinski definition) is 4. The summed E-state index contributed by atoms with van der Waals surface area (Å²) in [5.74, 6) is 0.679. The molecule has 0 unspecified atom stereocenters. The number of carbonyl (C=O) groups is 2. The fourth-order valence-corrected chi connectivity index (χ4v) is 2.66. The summed E-state index contributed by atoms with van der Waals surface area (Å²) in [6.45, 7) is 0.0220. The number of hydrogen-bond donors (Lipinski definition) is 1. The van der Waals surface area contributed by atoms with Gasteiger partial charge in [-0.1, -0.05) is 19.3 Å². The fraction of sp³-hybridized carbons (Fsp3) is 0.467. The molecule has 0 atom stereocenters. The van der Waals surface area contributed by atoms with Gasteiger partial charge in [0.15, 0.2) is 6.61 Å². The molecule has 20 heavy (non-hydrogen) atoms. The zero-order valence-corrected chi connectivity index (χ0v) is 11.2. The predicted molar refractivity (Wildman–Crippen MR) is 72.8 cm³/mol. The van der Waals surface area contributed by atoms with Crippen LogP contribution in [0, 0.1) is 5.92 Å². The first-order chi connectivity index (χ1) is 9.72. The zero-order chi connectivity index (χ0) is 13.9. The maximum atomic E-state index is 12.1. The lowest BCUT2D eigenvalue weighted by Gasteiger charge is -2.21. The third-order valence-electron chi connectivity index (χ3n) is 3.74. The van der Waals surface area contributed by atoms with E-state index in [2.05, 4.69) is 5.32 Å². The molecule has 1 aliphatic heterocycles. The number of nitrogens with one attached hydrogen (secondary N) is 1. The number of carbonyl (C=O) groups excluding carboxylic acids is 2. The van der Waals surface area contributed by atoms with E-state index >= 15 is 0 Å². The Bertz CT molecular complexity index is 535. The molecule has 0 bridgehead atoms. The molecule has 1 heterocycles. The molecule has 0 aromatic heterocycles. The lowest BCUT2D eigenvalue weighted by Crippen LogP contribution is -2.26. The Hall–Kier alpha value is -2.04. The minimum absolute atomic E-state index is 0.00521. The van der Waals surface area contributed by atoms with Gasteiger partial charge in [0, 0.05) is 6.07 Å². The van der Waals surface area contributed by atoms with Gasteiger partial charge < -0.3 is 14.8 Å². The van der Waals surface area contributed by atoms with E-state index in [1.165, 1.54) is 6.42 Å². The highest BCUT2D eigenvalue weighted by Gasteiger charge is 2.24. The average molecular weight is 275 g/mol. The van der Waals surface area contributed by atoms with E-state index in [1.54, 1.807) is 18.2 Å². The van der Waals surface area contributed by atoms with Gasteiger partial charge in [-0.2, -0.15) is 0 Å². The highest BCUT2D eigenvalue weighted by atomic mass is 16.5. The Morgan fingerprint density at radius 1 is 1.25 bits per heavy atom. The molecule has 3 rings (SSSR count). The molecule has 1 saturated carbocycles. The van der Waals surface area contributed by atoms with Gasteiger partial charge in [-0.05, 0) is 25.0 Å². The maximum absolute atomic E-state index is 12.1. The average Bonchev–Trinajstić information content (AvgIpc) is 2.47. The minimum atomic E-state index is -0.201. The van der Waals surface area contributed by atoms with Crippen molar-refractivity contribution in [3.8, 4) is 11.5 Å². The third kappa shape index (κ3) is 2.76. The highest BCUT2D eigenvalue weighted by molar-refractivity contribution is 5.95. The number of amides is 1. The molecular weight excluding hydrogens is 258 g/mol. The largest absolute Gasteiger partial charge is 0.482 e. The van der Waals surface area contributed by atoms with Crippen LogP contribution >= 0.6 is 0 Å². The van der Waals surface area contributed by atoms with Crippen LogP contribution < -0.4 is 14.8 Å². The van der Waals surface area contributed by atoms with Crippen LogP contribution in [-0.4, -0.2) is 18.5 Å². The second-order valence-electron chi connectivity index (χ2n) is 5.25. The van der Waals surface area contributed by atoms with Gasteiger partial charge in [0.05, 0.1) is 11.6 Å². The van der Waals surface area contributed by atoms with Gasteiger partial charge in [0.1, 0.15) is 11.5 Å². The van der Waals surface area contributed by atoms with Crippen molar-refractivity contribution in [2.24, 2.45) is 5.92 Å². The predicted octanol–water partition coefficient (Wildman–Crippen LogP) is 2.50. The number of anilines is 1. The SMILES string of the molecule is O=C1COc2ccc(OC(=O)C3CCCCC3)cc2N1. The van der Waals surface area contributed by atoms with Crippen molar-refractivity contribution in [2.75, 3.05) is 11.9 Å². The van der Waals surface area contributed by atoms with Crippen molar-refractivity contribution in [2.45, 2.75) is 32.1 Å². The molecule has 0 radical (unpaired) electrons. The second-order valence-corrected chi connectivity index (χ2v) is 5.25. The number of benzene rings is 1. The lowest BCUT2D eigenvalue weighted by molar-refractivity contribution is -0.140. The first-order valence-electron chi connectivity index (χ1n) is 7.01. The van der Waals surface area contributed by atoms with Crippen molar-refractivity contribution in [3.63, 3.8) is 0 Å². The summed E-state index contributed by atoms with van der Waals surface area (Å²) in [5, 5.41) is 2.70. The second kappa shape index (κ2) is 5.53. The van der Waals surface area contributed by atoms with Crippen LogP contribution in [0.3, 0.4) is 0 Å². The Labute approximate surface area is 117 Å². The zero-order valence-electron chi connectivity index (χ0n) is 11.2. The summed E-state index contributed by atoms with van der Waals surface area (Å²) >= 11 is 0. The number of esters is 1. The Morgan fingerprint density at radius 3 is 2.85 bits per heavy atom. The highest BCUT2D eigenvalue weighted by Crippen LogP contribution is 2.32. The Kier molecular flexibility index (Phi) is 3.58. The van der Waals surface area contributed by atoms with E-state index in [0.717, 1.165) is 25.7 Å². The maximum Gasteiger partial charge on any atom is 0.314 e. The molecule has 0 saturated heterocycles. The fourth-order valence-electron chi connectivity index (χ4n) is 2.66. The molecule has 1 amide bonds. The van der Waals surface area contributed by atoms with Crippen LogP contribution in [0.25, 0.3) is 0 Å². The van der Waals surface area contributed by atoms with Crippen molar-refractivity contribution < 1.29 is 19.1 Å². The summed E-state index contributed by atoms with van der Waals surface area (Å²) in [5.41, 5.74) is 0.551. The van der Waals surface area contributed by atoms with Crippen molar-refractivity contribution in [3.05, 3.63) is 18.2 Å². The topological polar surface area (TPSA) is 64.6 Å². The van der Waals surface area contributed by atoms with Crippen LogP contribution in [0.5, 0.6) is 11.5 Å². The molecular formula is C15H17NO4. The molecule has 5 nitrogen and oxygen atoms in total. The molecule has 1 aromatic rings. The van der Waals surface area contributed by atoms with Gasteiger partial charge in [-0.3, -0.25) is 9.59 Å². The minimum Gasteiger partial charge on any atom is -0.482 e. The van der Waals surface area contributed by atoms with E-state index in [4.69, 9.17) is 9.47 Å². The van der Waals surface area contributed by atoms with E-state index < -0.39 is 0 Å². The van der Waals surface area contributed by atoms with Crippen LogP contribution in [0.1, 0.15) is 32.1 Å². The molecule has 0 spiro atoms. The van der Waals surface area contributed by atoms with Crippen LogP contribution in [0.4, 0.5) is 5.69 Å². The standard InChI is InChI=1S/C15H17NO4/c17-14-9-19-13-7-6-11(8-12(13)16-14)20-15(18)10-4-2-1-3-5-10/h6-8,10H,1-5,9H2,(H,16,17). The van der Waals surface area contributed by atoms with Crippen LogP contribution in [-0.2, 0) is 9.59 Å². The van der Waals surface area contributed by atoms with Gasteiger partial charge in [0.25, 0.3) is 5.91 Å². The number of fused-ring (bicyclic) bond motifs is 1. The molecule has 1 fully saturated rings. The summed E-state index contributed by atoms with van der Waals surface area (Å²) in [6.07, 6.45) is 5.20. The Balaban J connectivity index is 1.69. The molecule has 106 valence electrons. The van der Waals surface area contributed by atoms with E-state index in [0.29, 0.717) is 17.2 Å². The first kappa shape index (κ1) is 13.0. The van der Waals surface area contributed by atoms with E-state index in [9.17, 15) is 9.59 Å². The molecule has 5 heteroatoms. The normalized spacial score (nSPS) is 18.7. The number of rotatable bonds is 2. The monoisotopic (exact) mass is 275 g/mol. The van der Waals surface area contributed by atoms with Gasteiger partial charge in [-0.15, -0.1) is 0 Å². The van der Waals surface area contributed by atoms with E-state index in [-0.39, 0.29) is 24.4 Å². The van der Waals surface area contributed by atoms with Crippen LogP contribution in [0.2, 0.25) is 0 Å². The first-order valence-corrected chi connectivity index (χ1v) is 7.01.